The second-order valence-electron chi connectivity index (χ2n) is 7.55. The van der Waals surface area contributed by atoms with E-state index >= 15 is 0 Å². The first-order valence-electron chi connectivity index (χ1n) is 10.5. The number of para-hydroxylation sites is 4. The summed E-state index contributed by atoms with van der Waals surface area (Å²) in [6.45, 7) is 0. The average molecular weight is 410 g/mol. The predicted octanol–water partition coefficient (Wildman–Crippen LogP) is 6.57. The van der Waals surface area contributed by atoms with Crippen LogP contribution in [0.3, 0.4) is 0 Å². The SMILES string of the molecule is c1ccc(-c2nc3ccccc3nc2-c2nc3ccccc3nc2-c2ccccc2)cc1. The van der Waals surface area contributed by atoms with Gasteiger partial charge in [-0.1, -0.05) is 84.9 Å². The third kappa shape index (κ3) is 3.19. The van der Waals surface area contributed by atoms with Gasteiger partial charge < -0.3 is 0 Å². The smallest absolute Gasteiger partial charge is 0.118 e. The maximum Gasteiger partial charge on any atom is 0.118 e. The van der Waals surface area contributed by atoms with Gasteiger partial charge in [-0.2, -0.15) is 0 Å². The molecule has 150 valence electrons. The summed E-state index contributed by atoms with van der Waals surface area (Å²) < 4.78 is 0. The molecule has 6 rings (SSSR count). The summed E-state index contributed by atoms with van der Waals surface area (Å²) in [6, 6.07) is 36.1. The second-order valence-corrected chi connectivity index (χ2v) is 7.55. The molecule has 0 aliphatic heterocycles. The zero-order chi connectivity index (χ0) is 21.3. The Morgan fingerprint density at radius 3 is 0.906 bits per heavy atom. The van der Waals surface area contributed by atoms with E-state index in [0.29, 0.717) is 0 Å². The van der Waals surface area contributed by atoms with Crippen LogP contribution in [0.5, 0.6) is 0 Å². The van der Waals surface area contributed by atoms with Crippen molar-refractivity contribution in [2.45, 2.75) is 0 Å². The molecule has 6 aromatic rings. The van der Waals surface area contributed by atoms with Crippen molar-refractivity contribution < 1.29 is 0 Å². The van der Waals surface area contributed by atoms with E-state index in [0.717, 1.165) is 56.0 Å². The van der Waals surface area contributed by atoms with Gasteiger partial charge in [0.25, 0.3) is 0 Å². The van der Waals surface area contributed by atoms with Gasteiger partial charge in [0.15, 0.2) is 0 Å². The van der Waals surface area contributed by atoms with E-state index in [2.05, 4.69) is 24.3 Å². The van der Waals surface area contributed by atoms with Crippen molar-refractivity contribution in [2.24, 2.45) is 0 Å². The molecule has 0 unspecified atom stereocenters. The highest BCUT2D eigenvalue weighted by molar-refractivity contribution is 5.92. The van der Waals surface area contributed by atoms with Gasteiger partial charge in [0.05, 0.1) is 33.5 Å². The van der Waals surface area contributed by atoms with Crippen molar-refractivity contribution in [3.8, 4) is 33.9 Å². The summed E-state index contributed by atoms with van der Waals surface area (Å²) in [4.78, 5) is 20.1. The Morgan fingerprint density at radius 1 is 0.281 bits per heavy atom. The first-order valence-corrected chi connectivity index (χ1v) is 10.5. The number of fused-ring (bicyclic) bond motifs is 2. The minimum Gasteiger partial charge on any atom is -0.244 e. The van der Waals surface area contributed by atoms with Gasteiger partial charge in [-0.05, 0) is 24.3 Å². The van der Waals surface area contributed by atoms with E-state index in [1.54, 1.807) is 0 Å². The van der Waals surface area contributed by atoms with Gasteiger partial charge >= 0.3 is 0 Å². The van der Waals surface area contributed by atoms with Gasteiger partial charge in [-0.3, -0.25) is 0 Å². The molecule has 0 bridgehead atoms. The van der Waals surface area contributed by atoms with Crippen LogP contribution in [0.1, 0.15) is 0 Å². The monoisotopic (exact) mass is 410 g/mol. The molecule has 2 heterocycles. The minimum absolute atomic E-state index is 0.729. The average Bonchev–Trinajstić information content (AvgIpc) is 2.88. The van der Waals surface area contributed by atoms with Crippen LogP contribution in [0.25, 0.3) is 56.0 Å². The quantitative estimate of drug-likeness (QED) is 0.331. The highest BCUT2D eigenvalue weighted by Crippen LogP contribution is 2.36. The lowest BCUT2D eigenvalue weighted by molar-refractivity contribution is 1.23. The maximum atomic E-state index is 5.05. The van der Waals surface area contributed by atoms with Crippen LogP contribution in [-0.4, -0.2) is 19.9 Å². The number of hydrogen-bond acceptors (Lipinski definition) is 4. The highest BCUT2D eigenvalue weighted by Gasteiger charge is 2.20. The molecule has 0 atom stereocenters. The zero-order valence-electron chi connectivity index (χ0n) is 17.2. The number of benzene rings is 4. The van der Waals surface area contributed by atoms with E-state index in [4.69, 9.17) is 19.9 Å². The van der Waals surface area contributed by atoms with Crippen LogP contribution in [0, 0.1) is 0 Å². The molecule has 0 spiro atoms. The molecule has 0 saturated carbocycles. The molecule has 2 aromatic heterocycles. The Labute approximate surface area is 185 Å². The second kappa shape index (κ2) is 7.67. The number of hydrogen-bond donors (Lipinski definition) is 0. The molecule has 0 amide bonds. The Balaban J connectivity index is 1.73. The van der Waals surface area contributed by atoms with Crippen molar-refractivity contribution in [1.82, 2.24) is 19.9 Å². The fourth-order valence-corrected chi connectivity index (χ4v) is 3.92. The predicted molar refractivity (Wildman–Crippen MR) is 129 cm³/mol. The van der Waals surface area contributed by atoms with Crippen molar-refractivity contribution in [1.29, 1.82) is 0 Å². The first-order chi connectivity index (χ1) is 15.9. The summed E-state index contributed by atoms with van der Waals surface area (Å²) in [5, 5.41) is 0. The largest absolute Gasteiger partial charge is 0.244 e. The van der Waals surface area contributed by atoms with Gasteiger partial charge in [0, 0.05) is 11.1 Å². The maximum absolute atomic E-state index is 5.05. The summed E-state index contributed by atoms with van der Waals surface area (Å²) in [6.07, 6.45) is 0. The van der Waals surface area contributed by atoms with Gasteiger partial charge in [-0.25, -0.2) is 19.9 Å². The number of aromatic nitrogens is 4. The van der Waals surface area contributed by atoms with Crippen LogP contribution < -0.4 is 0 Å². The van der Waals surface area contributed by atoms with Gasteiger partial charge in [0.2, 0.25) is 0 Å². The third-order valence-corrected chi connectivity index (χ3v) is 5.46. The Kier molecular flexibility index (Phi) is 4.40. The Morgan fingerprint density at radius 2 is 0.562 bits per heavy atom. The molecule has 0 fully saturated rings. The number of nitrogens with zero attached hydrogens (tertiary/aromatic N) is 4. The molecule has 0 radical (unpaired) electrons. The third-order valence-electron chi connectivity index (χ3n) is 5.46. The van der Waals surface area contributed by atoms with Crippen LogP contribution in [0.4, 0.5) is 0 Å². The van der Waals surface area contributed by atoms with Crippen LogP contribution in [0.15, 0.2) is 109 Å². The lowest BCUT2D eigenvalue weighted by atomic mass is 10.0. The van der Waals surface area contributed by atoms with Crippen molar-refractivity contribution in [3.63, 3.8) is 0 Å². The molecule has 4 aromatic carbocycles. The summed E-state index contributed by atoms with van der Waals surface area (Å²) in [5.74, 6) is 0. The molecule has 4 heteroatoms. The zero-order valence-corrected chi connectivity index (χ0v) is 17.2. The lowest BCUT2D eigenvalue weighted by Crippen LogP contribution is -2.01. The molecule has 32 heavy (non-hydrogen) atoms. The lowest BCUT2D eigenvalue weighted by Gasteiger charge is -2.14. The molecule has 4 nitrogen and oxygen atoms in total. The Bertz CT molecular complexity index is 1440. The molecular weight excluding hydrogens is 392 g/mol. The van der Waals surface area contributed by atoms with E-state index in [9.17, 15) is 0 Å². The highest BCUT2D eigenvalue weighted by atomic mass is 14.9. The summed E-state index contributed by atoms with van der Waals surface area (Å²) in [5.41, 5.74) is 8.41. The van der Waals surface area contributed by atoms with Crippen LogP contribution in [-0.2, 0) is 0 Å². The minimum atomic E-state index is 0.729. The standard InChI is InChI=1S/C28H18N4/c1-3-11-19(12-4-1)25-27(31-23-17-9-7-15-21(23)29-25)28-26(20-13-5-2-6-14-20)30-22-16-8-10-18-24(22)32-28/h1-18H. The molecular formula is C28H18N4. The number of rotatable bonds is 3. The molecule has 0 aliphatic carbocycles. The van der Waals surface area contributed by atoms with Crippen molar-refractivity contribution in [3.05, 3.63) is 109 Å². The Hall–Kier alpha value is -4.44. The van der Waals surface area contributed by atoms with Crippen molar-refractivity contribution >= 4 is 22.1 Å². The van der Waals surface area contributed by atoms with Gasteiger partial charge in [-0.15, -0.1) is 0 Å². The molecule has 0 N–H and O–H groups in total. The van der Waals surface area contributed by atoms with E-state index in [1.807, 2.05) is 84.9 Å². The van der Waals surface area contributed by atoms with E-state index in [-0.39, 0.29) is 0 Å². The van der Waals surface area contributed by atoms with E-state index in [1.165, 1.54) is 0 Å². The summed E-state index contributed by atoms with van der Waals surface area (Å²) in [7, 11) is 0. The topological polar surface area (TPSA) is 51.6 Å². The van der Waals surface area contributed by atoms with Crippen molar-refractivity contribution in [2.75, 3.05) is 0 Å². The van der Waals surface area contributed by atoms with Gasteiger partial charge in [0.1, 0.15) is 11.4 Å². The molecule has 0 saturated heterocycles. The van der Waals surface area contributed by atoms with Crippen LogP contribution in [0.2, 0.25) is 0 Å². The first kappa shape index (κ1) is 18.3. The summed E-state index contributed by atoms with van der Waals surface area (Å²) >= 11 is 0. The molecule has 0 aliphatic rings. The van der Waals surface area contributed by atoms with Crippen LogP contribution >= 0.6 is 0 Å². The normalized spacial score (nSPS) is 11.1. The van der Waals surface area contributed by atoms with E-state index < -0.39 is 0 Å². The fourth-order valence-electron chi connectivity index (χ4n) is 3.92. The fraction of sp³-hybridized carbons (Fsp3) is 0.